The van der Waals surface area contributed by atoms with Gasteiger partial charge in [0.2, 0.25) is 5.91 Å². The number of rotatable bonds is 3. The Kier molecular flexibility index (Phi) is 3.64. The smallest absolute Gasteiger partial charge is 0.232 e. The van der Waals surface area contributed by atoms with Gasteiger partial charge in [0, 0.05) is 30.1 Å². The van der Waals surface area contributed by atoms with Crippen molar-refractivity contribution in [1.82, 2.24) is 9.78 Å². The summed E-state index contributed by atoms with van der Waals surface area (Å²) in [6.45, 7) is 1.86. The van der Waals surface area contributed by atoms with Crippen LogP contribution >= 0.6 is 0 Å². The molecule has 0 spiro atoms. The van der Waals surface area contributed by atoms with Gasteiger partial charge in [-0.1, -0.05) is 30.3 Å². The molecule has 1 amide bonds. The molecule has 2 aromatic carbocycles. The highest BCUT2D eigenvalue weighted by atomic mass is 19.1. The lowest BCUT2D eigenvalue weighted by Crippen LogP contribution is -2.30. The van der Waals surface area contributed by atoms with E-state index in [-0.39, 0.29) is 17.8 Å². The molecule has 4 rings (SSSR count). The van der Waals surface area contributed by atoms with E-state index in [9.17, 15) is 9.18 Å². The van der Waals surface area contributed by atoms with Gasteiger partial charge in [0.15, 0.2) is 0 Å². The number of carbonyl (C=O) groups excluding carboxylic acids is 1. The van der Waals surface area contributed by atoms with Crippen molar-refractivity contribution < 1.29 is 9.18 Å². The zero-order chi connectivity index (χ0) is 17.6. The molecule has 2 heterocycles. The number of anilines is 1. The highest BCUT2D eigenvalue weighted by molar-refractivity contribution is 6.02. The van der Waals surface area contributed by atoms with Crippen LogP contribution in [0.25, 0.3) is 11.1 Å². The Hall–Kier alpha value is -2.95. The fourth-order valence-electron chi connectivity index (χ4n) is 3.46. The molecule has 5 heteroatoms. The second-order valence-electron chi connectivity index (χ2n) is 6.38. The zero-order valence-corrected chi connectivity index (χ0v) is 14.1. The van der Waals surface area contributed by atoms with Crippen molar-refractivity contribution in [3.8, 4) is 11.1 Å². The van der Waals surface area contributed by atoms with Crippen LogP contribution in [-0.2, 0) is 18.3 Å². The van der Waals surface area contributed by atoms with E-state index < -0.39 is 0 Å². The molecular formula is C20H18FN3O. The molecule has 0 saturated carbocycles. The van der Waals surface area contributed by atoms with Gasteiger partial charge in [-0.05, 0) is 30.2 Å². The highest BCUT2D eigenvalue weighted by Gasteiger charge is 2.32. The van der Waals surface area contributed by atoms with Crippen LogP contribution in [0.15, 0.2) is 54.9 Å². The van der Waals surface area contributed by atoms with Gasteiger partial charge < -0.3 is 4.90 Å². The van der Waals surface area contributed by atoms with Gasteiger partial charge in [0.25, 0.3) is 0 Å². The molecule has 1 unspecified atom stereocenters. The van der Waals surface area contributed by atoms with Crippen LogP contribution in [0.5, 0.6) is 0 Å². The summed E-state index contributed by atoms with van der Waals surface area (Å²) in [5, 5.41) is 4.12. The number of para-hydroxylation sites is 1. The lowest BCUT2D eigenvalue weighted by atomic mass is 10.0. The van der Waals surface area contributed by atoms with Crippen molar-refractivity contribution in [3.05, 3.63) is 71.8 Å². The minimum atomic E-state index is -0.362. The molecule has 1 atom stereocenters. The second kappa shape index (κ2) is 5.84. The average molecular weight is 335 g/mol. The van der Waals surface area contributed by atoms with Crippen LogP contribution < -0.4 is 4.90 Å². The molecule has 1 aromatic heterocycles. The number of hydrogen-bond acceptors (Lipinski definition) is 2. The Balaban J connectivity index is 1.69. The molecule has 3 aromatic rings. The Bertz CT molecular complexity index is 963. The van der Waals surface area contributed by atoms with Crippen molar-refractivity contribution in [2.24, 2.45) is 7.05 Å². The molecule has 1 aliphatic rings. The quantitative estimate of drug-likeness (QED) is 0.728. The number of hydrogen-bond donors (Lipinski definition) is 0. The van der Waals surface area contributed by atoms with Gasteiger partial charge in [-0.2, -0.15) is 5.10 Å². The average Bonchev–Trinajstić information content (AvgIpc) is 3.16. The van der Waals surface area contributed by atoms with Crippen LogP contribution in [0.4, 0.5) is 10.1 Å². The number of nitrogens with zero attached hydrogens (tertiary/aromatic N) is 3. The first kappa shape index (κ1) is 15.6. The monoisotopic (exact) mass is 335 g/mol. The summed E-state index contributed by atoms with van der Waals surface area (Å²) in [6, 6.07) is 12.5. The fourth-order valence-corrected chi connectivity index (χ4v) is 3.46. The first-order chi connectivity index (χ1) is 12.0. The minimum Gasteiger partial charge on any atom is -0.305 e. The Morgan fingerprint density at radius 3 is 2.68 bits per heavy atom. The van der Waals surface area contributed by atoms with Crippen molar-refractivity contribution in [3.63, 3.8) is 0 Å². The normalized spacial score (nSPS) is 14.7. The maximum atomic E-state index is 14.8. The summed E-state index contributed by atoms with van der Waals surface area (Å²) in [5.41, 5.74) is 4.01. The van der Waals surface area contributed by atoms with Gasteiger partial charge in [0.05, 0.1) is 18.7 Å². The summed E-state index contributed by atoms with van der Waals surface area (Å²) in [6.07, 6.45) is 3.92. The van der Waals surface area contributed by atoms with Crippen LogP contribution in [-0.4, -0.2) is 15.7 Å². The van der Waals surface area contributed by atoms with E-state index in [0.29, 0.717) is 12.0 Å². The van der Waals surface area contributed by atoms with Gasteiger partial charge in [-0.3, -0.25) is 9.48 Å². The molecule has 0 N–H and O–H groups in total. The molecule has 0 radical (unpaired) electrons. The van der Waals surface area contributed by atoms with E-state index in [1.165, 1.54) is 6.07 Å². The lowest BCUT2D eigenvalue weighted by molar-refractivity contribution is -0.117. The molecule has 4 nitrogen and oxygen atoms in total. The standard InChI is InChI=1S/C20H18FN3O/c1-13(24-19-6-4-3-5-15(19)10-20(24)25)17-8-7-14(9-18(17)21)16-11-22-23(2)12-16/h3-9,11-13H,10H2,1-2H3. The zero-order valence-electron chi connectivity index (χ0n) is 14.1. The van der Waals surface area contributed by atoms with E-state index in [1.54, 1.807) is 21.8 Å². The Morgan fingerprint density at radius 2 is 1.96 bits per heavy atom. The topological polar surface area (TPSA) is 38.1 Å². The van der Waals surface area contributed by atoms with Crippen molar-refractivity contribution >= 4 is 11.6 Å². The number of fused-ring (bicyclic) bond motifs is 1. The van der Waals surface area contributed by atoms with E-state index >= 15 is 0 Å². The lowest BCUT2D eigenvalue weighted by Gasteiger charge is -2.26. The number of benzene rings is 2. The summed E-state index contributed by atoms with van der Waals surface area (Å²) in [4.78, 5) is 14.1. The minimum absolute atomic E-state index is 0.00411. The van der Waals surface area contributed by atoms with Crippen molar-refractivity contribution in [2.45, 2.75) is 19.4 Å². The maximum Gasteiger partial charge on any atom is 0.232 e. The Morgan fingerprint density at radius 1 is 1.16 bits per heavy atom. The summed E-state index contributed by atoms with van der Waals surface area (Å²) >= 11 is 0. The number of aryl methyl sites for hydroxylation is 1. The molecule has 25 heavy (non-hydrogen) atoms. The predicted octanol–water partition coefficient (Wildman–Crippen LogP) is 3.88. The highest BCUT2D eigenvalue weighted by Crippen LogP contribution is 2.37. The largest absolute Gasteiger partial charge is 0.305 e. The first-order valence-electron chi connectivity index (χ1n) is 8.23. The first-order valence-corrected chi connectivity index (χ1v) is 8.23. The molecule has 0 fully saturated rings. The predicted molar refractivity (Wildman–Crippen MR) is 94.6 cm³/mol. The molecular weight excluding hydrogens is 317 g/mol. The summed E-state index contributed by atoms with van der Waals surface area (Å²) in [5.74, 6) is -0.310. The van der Waals surface area contributed by atoms with Crippen LogP contribution in [0.1, 0.15) is 24.1 Å². The third-order valence-corrected chi connectivity index (χ3v) is 4.74. The summed E-state index contributed by atoms with van der Waals surface area (Å²) < 4.78 is 16.5. The van der Waals surface area contributed by atoms with Gasteiger partial charge in [-0.25, -0.2) is 4.39 Å². The van der Waals surface area contributed by atoms with Gasteiger partial charge >= 0.3 is 0 Å². The molecule has 126 valence electrons. The van der Waals surface area contributed by atoms with Crippen molar-refractivity contribution in [2.75, 3.05) is 4.90 Å². The third-order valence-electron chi connectivity index (χ3n) is 4.74. The summed E-state index contributed by atoms with van der Waals surface area (Å²) in [7, 11) is 1.83. The van der Waals surface area contributed by atoms with Gasteiger partial charge in [-0.15, -0.1) is 0 Å². The SMILES string of the molecule is CC(c1ccc(-c2cnn(C)c2)cc1F)N1C(=O)Cc2ccccc21. The maximum absolute atomic E-state index is 14.8. The van der Waals surface area contributed by atoms with E-state index in [1.807, 2.05) is 50.5 Å². The van der Waals surface area contributed by atoms with Crippen LogP contribution in [0, 0.1) is 5.82 Å². The number of carbonyl (C=O) groups is 1. The molecule has 1 aliphatic heterocycles. The van der Waals surface area contributed by atoms with Crippen LogP contribution in [0.3, 0.4) is 0 Å². The fraction of sp³-hybridized carbons (Fsp3) is 0.200. The van der Waals surface area contributed by atoms with Crippen LogP contribution in [0.2, 0.25) is 0 Å². The van der Waals surface area contributed by atoms with Crippen molar-refractivity contribution in [1.29, 1.82) is 0 Å². The second-order valence-corrected chi connectivity index (χ2v) is 6.38. The third kappa shape index (κ3) is 2.61. The molecule has 0 aliphatic carbocycles. The molecule has 0 bridgehead atoms. The van der Waals surface area contributed by atoms with E-state index in [2.05, 4.69) is 5.10 Å². The molecule has 0 saturated heterocycles. The Labute approximate surface area is 145 Å². The van der Waals surface area contributed by atoms with E-state index in [0.717, 1.165) is 22.4 Å². The van der Waals surface area contributed by atoms with Gasteiger partial charge in [0.1, 0.15) is 5.82 Å². The number of aromatic nitrogens is 2. The van der Waals surface area contributed by atoms with E-state index in [4.69, 9.17) is 0 Å². The number of amides is 1. The number of halogens is 1.